The Bertz CT molecular complexity index is 351. The van der Waals surface area contributed by atoms with Crippen molar-refractivity contribution in [1.29, 1.82) is 0 Å². The SMILES string of the molecule is CCOC(=O)[C@@H](N)CNC(=O)CNC(=O)OC(C)(C)C. The number of alkyl carbamates (subject to hydrolysis) is 1. The molecule has 0 aromatic rings. The van der Waals surface area contributed by atoms with Gasteiger partial charge < -0.3 is 25.8 Å². The summed E-state index contributed by atoms with van der Waals surface area (Å²) < 4.78 is 9.64. The molecule has 0 aromatic heterocycles. The van der Waals surface area contributed by atoms with Crippen molar-refractivity contribution in [3.05, 3.63) is 0 Å². The summed E-state index contributed by atoms with van der Waals surface area (Å²) in [5, 5.41) is 4.69. The summed E-state index contributed by atoms with van der Waals surface area (Å²) in [6.07, 6.45) is -0.692. The van der Waals surface area contributed by atoms with Crippen LogP contribution in [0.1, 0.15) is 27.7 Å². The lowest BCUT2D eigenvalue weighted by Gasteiger charge is -2.19. The highest BCUT2D eigenvalue weighted by Crippen LogP contribution is 2.05. The smallest absolute Gasteiger partial charge is 0.408 e. The van der Waals surface area contributed by atoms with E-state index in [4.69, 9.17) is 10.5 Å². The van der Waals surface area contributed by atoms with Gasteiger partial charge in [0.15, 0.2) is 0 Å². The zero-order chi connectivity index (χ0) is 15.8. The van der Waals surface area contributed by atoms with Gasteiger partial charge in [0.25, 0.3) is 0 Å². The first-order valence-corrected chi connectivity index (χ1v) is 6.31. The minimum absolute atomic E-state index is 0.0618. The number of hydrogen-bond donors (Lipinski definition) is 3. The first kappa shape index (κ1) is 18.2. The topological polar surface area (TPSA) is 120 Å². The molecule has 20 heavy (non-hydrogen) atoms. The number of amides is 2. The fraction of sp³-hybridized carbons (Fsp3) is 0.750. The standard InChI is InChI=1S/C12H23N3O5/c1-5-19-10(17)8(13)6-14-9(16)7-15-11(18)20-12(2,3)4/h8H,5-7,13H2,1-4H3,(H,14,16)(H,15,18)/t8-/m0/s1. The van der Waals surface area contributed by atoms with Gasteiger partial charge in [-0.05, 0) is 27.7 Å². The number of carbonyl (C=O) groups excluding carboxylic acids is 3. The van der Waals surface area contributed by atoms with Crippen molar-refractivity contribution in [3.8, 4) is 0 Å². The van der Waals surface area contributed by atoms with E-state index in [-0.39, 0.29) is 19.7 Å². The second-order valence-electron chi connectivity index (χ2n) is 5.02. The summed E-state index contributed by atoms with van der Waals surface area (Å²) in [6, 6.07) is -0.930. The Morgan fingerprint density at radius 1 is 1.20 bits per heavy atom. The molecular formula is C12H23N3O5. The lowest BCUT2D eigenvalue weighted by atomic mass is 10.2. The third-order valence-corrected chi connectivity index (χ3v) is 1.90. The van der Waals surface area contributed by atoms with Crippen LogP contribution in [-0.4, -0.2) is 49.3 Å². The van der Waals surface area contributed by atoms with Crippen LogP contribution in [0.3, 0.4) is 0 Å². The fourth-order valence-corrected chi connectivity index (χ4v) is 1.09. The molecule has 0 aliphatic carbocycles. The number of ether oxygens (including phenoxy) is 2. The van der Waals surface area contributed by atoms with E-state index in [2.05, 4.69) is 15.4 Å². The summed E-state index contributed by atoms with van der Waals surface area (Å²) in [5.74, 6) is -1.07. The molecule has 1 atom stereocenters. The predicted molar refractivity (Wildman–Crippen MR) is 71.9 cm³/mol. The molecule has 0 saturated carbocycles. The maximum atomic E-state index is 11.4. The van der Waals surface area contributed by atoms with Crippen LogP contribution in [0, 0.1) is 0 Å². The van der Waals surface area contributed by atoms with E-state index in [1.807, 2.05) is 0 Å². The van der Waals surface area contributed by atoms with Gasteiger partial charge in [0.2, 0.25) is 5.91 Å². The lowest BCUT2D eigenvalue weighted by Crippen LogP contribution is -2.46. The van der Waals surface area contributed by atoms with Crippen molar-refractivity contribution >= 4 is 18.0 Å². The van der Waals surface area contributed by atoms with Crippen molar-refractivity contribution in [3.63, 3.8) is 0 Å². The monoisotopic (exact) mass is 289 g/mol. The molecule has 8 heteroatoms. The number of nitrogens with one attached hydrogen (secondary N) is 2. The van der Waals surface area contributed by atoms with Gasteiger partial charge in [-0.25, -0.2) is 4.79 Å². The molecule has 116 valence electrons. The molecule has 0 heterocycles. The predicted octanol–water partition coefficient (Wildman–Crippen LogP) is -0.482. The first-order chi connectivity index (χ1) is 9.15. The van der Waals surface area contributed by atoms with Crippen LogP contribution in [0.25, 0.3) is 0 Å². The van der Waals surface area contributed by atoms with E-state index in [0.717, 1.165) is 0 Å². The van der Waals surface area contributed by atoms with E-state index < -0.39 is 29.6 Å². The summed E-state index contributed by atoms with van der Waals surface area (Å²) in [6.45, 7) is 6.70. The van der Waals surface area contributed by atoms with E-state index in [9.17, 15) is 14.4 Å². The van der Waals surface area contributed by atoms with E-state index in [0.29, 0.717) is 0 Å². The molecule has 0 rings (SSSR count). The van der Waals surface area contributed by atoms with Gasteiger partial charge in [0, 0.05) is 6.54 Å². The number of carbonyl (C=O) groups is 3. The number of rotatable bonds is 6. The van der Waals surface area contributed by atoms with Gasteiger partial charge >= 0.3 is 12.1 Å². The highest BCUT2D eigenvalue weighted by molar-refractivity contribution is 5.83. The van der Waals surface area contributed by atoms with Gasteiger partial charge in [-0.1, -0.05) is 0 Å². The Labute approximate surface area is 118 Å². The van der Waals surface area contributed by atoms with Crippen LogP contribution >= 0.6 is 0 Å². The Hall–Kier alpha value is -1.83. The quantitative estimate of drug-likeness (QED) is 0.568. The summed E-state index contributed by atoms with van der Waals surface area (Å²) >= 11 is 0. The maximum absolute atomic E-state index is 11.4. The minimum atomic E-state index is -0.930. The van der Waals surface area contributed by atoms with Crippen LogP contribution in [-0.2, 0) is 19.1 Å². The van der Waals surface area contributed by atoms with E-state index in [1.54, 1.807) is 27.7 Å². The molecule has 0 unspecified atom stereocenters. The molecule has 0 spiro atoms. The van der Waals surface area contributed by atoms with Gasteiger partial charge in [-0.15, -0.1) is 0 Å². The highest BCUT2D eigenvalue weighted by Gasteiger charge is 2.18. The second-order valence-corrected chi connectivity index (χ2v) is 5.02. The third-order valence-electron chi connectivity index (χ3n) is 1.90. The minimum Gasteiger partial charge on any atom is -0.465 e. The van der Waals surface area contributed by atoms with Crippen molar-refractivity contribution < 1.29 is 23.9 Å². The van der Waals surface area contributed by atoms with Gasteiger partial charge in [-0.2, -0.15) is 0 Å². The zero-order valence-corrected chi connectivity index (χ0v) is 12.3. The molecule has 0 aliphatic rings. The summed E-state index contributed by atoms with van der Waals surface area (Å²) in [7, 11) is 0. The highest BCUT2D eigenvalue weighted by atomic mass is 16.6. The summed E-state index contributed by atoms with van der Waals surface area (Å²) in [4.78, 5) is 33.9. The van der Waals surface area contributed by atoms with Crippen LogP contribution in [0.2, 0.25) is 0 Å². The third kappa shape index (κ3) is 9.15. The zero-order valence-electron chi connectivity index (χ0n) is 12.3. The lowest BCUT2D eigenvalue weighted by molar-refractivity contribution is -0.144. The molecule has 8 nitrogen and oxygen atoms in total. The second kappa shape index (κ2) is 8.36. The Balaban J connectivity index is 3.90. The van der Waals surface area contributed by atoms with Crippen LogP contribution in [0.4, 0.5) is 4.79 Å². The molecular weight excluding hydrogens is 266 g/mol. The Morgan fingerprint density at radius 3 is 2.30 bits per heavy atom. The largest absolute Gasteiger partial charge is 0.465 e. The molecule has 0 bridgehead atoms. The van der Waals surface area contributed by atoms with E-state index >= 15 is 0 Å². The normalized spacial score (nSPS) is 12.2. The van der Waals surface area contributed by atoms with Gasteiger partial charge in [-0.3, -0.25) is 9.59 Å². The van der Waals surface area contributed by atoms with Crippen LogP contribution < -0.4 is 16.4 Å². The number of esters is 1. The van der Waals surface area contributed by atoms with Crippen molar-refractivity contribution in [2.75, 3.05) is 19.7 Å². The molecule has 0 aliphatic heterocycles. The summed E-state index contributed by atoms with van der Waals surface area (Å²) in [5.41, 5.74) is 4.86. The van der Waals surface area contributed by atoms with Crippen molar-refractivity contribution in [2.24, 2.45) is 5.73 Å². The first-order valence-electron chi connectivity index (χ1n) is 6.31. The van der Waals surface area contributed by atoms with Crippen molar-refractivity contribution in [1.82, 2.24) is 10.6 Å². The van der Waals surface area contributed by atoms with Gasteiger partial charge in [0.1, 0.15) is 11.6 Å². The number of nitrogens with two attached hydrogens (primary N) is 1. The average molecular weight is 289 g/mol. The number of hydrogen-bond acceptors (Lipinski definition) is 6. The Morgan fingerprint density at radius 2 is 1.80 bits per heavy atom. The molecule has 0 radical (unpaired) electrons. The average Bonchev–Trinajstić information content (AvgIpc) is 2.31. The van der Waals surface area contributed by atoms with Crippen LogP contribution in [0.15, 0.2) is 0 Å². The van der Waals surface area contributed by atoms with Gasteiger partial charge in [0.05, 0.1) is 13.2 Å². The Kier molecular flexibility index (Phi) is 7.60. The molecule has 4 N–H and O–H groups in total. The van der Waals surface area contributed by atoms with Crippen LogP contribution in [0.5, 0.6) is 0 Å². The maximum Gasteiger partial charge on any atom is 0.408 e. The van der Waals surface area contributed by atoms with E-state index in [1.165, 1.54) is 0 Å². The molecule has 0 fully saturated rings. The molecule has 2 amide bonds. The molecule has 0 saturated heterocycles. The molecule has 0 aromatic carbocycles. The fourth-order valence-electron chi connectivity index (χ4n) is 1.09. The van der Waals surface area contributed by atoms with Crippen molar-refractivity contribution in [2.45, 2.75) is 39.3 Å².